The van der Waals surface area contributed by atoms with E-state index in [4.69, 9.17) is 0 Å². The van der Waals surface area contributed by atoms with Crippen LogP contribution in [0.25, 0.3) is 55.6 Å². The third-order valence-electron chi connectivity index (χ3n) is 25.3. The molecule has 0 aliphatic heterocycles. The van der Waals surface area contributed by atoms with E-state index in [9.17, 15) is 0 Å². The van der Waals surface area contributed by atoms with Crippen LogP contribution >= 0.6 is 0 Å². The van der Waals surface area contributed by atoms with Crippen LogP contribution in [0.5, 0.6) is 0 Å². The number of fused-ring (bicyclic) bond motifs is 9. The summed E-state index contributed by atoms with van der Waals surface area (Å²) in [6.07, 6.45) is 37.8. The van der Waals surface area contributed by atoms with E-state index in [1.54, 1.807) is 22.3 Å². The number of rotatable bonds is 38. The molecule has 0 spiro atoms. The van der Waals surface area contributed by atoms with E-state index < -0.39 is 0 Å². The number of unbranched alkanes of at least 4 members (excludes halogenated alkanes) is 20. The van der Waals surface area contributed by atoms with E-state index in [1.807, 2.05) is 0 Å². The molecule has 0 amide bonds. The number of aryl methyl sites for hydroxylation is 2. The summed E-state index contributed by atoms with van der Waals surface area (Å²) < 4.78 is 0. The first-order valence-electron chi connectivity index (χ1n) is 42.1. The summed E-state index contributed by atoms with van der Waals surface area (Å²) in [5.74, 6) is 0.543. The largest absolute Gasteiger partial charge is 0.310 e. The molecule has 0 bridgehead atoms. The van der Waals surface area contributed by atoms with Crippen LogP contribution in [0, 0.1) is 13.8 Å². The van der Waals surface area contributed by atoms with Crippen LogP contribution in [0.1, 0.15) is 298 Å². The minimum absolute atomic E-state index is 0.0181. The summed E-state index contributed by atoms with van der Waals surface area (Å²) in [6.45, 7) is 23.4. The molecule has 0 saturated heterocycles. The standard InChI is InChI=1S/C103H124N2/c1-11-16-20-24-28-34-66-102(67-35-29-25-21-17-12-2)95-39-33-32-38-89(95)92-62-49-81(71-99(92)102)78-44-55-85(56-45-78)104(83-51-40-75(6)41-52-83)87-59-64-90-91-65-60-88(74-97(91)101(9,10)96(90)73-87)105(84-53-42-76(7)43-54-84)86-57-46-79(47-58-86)82-50-63-94-93-61-48-80(77(8)15-5)70-98(93)103(100(94)72-82,68-36-30-26-22-18-13-3)69-37-31-27-23-19-14-4/h32-33,38-65,70-74,77H,11-31,34-37,66-69H2,1-10H3. The topological polar surface area (TPSA) is 6.48 Å². The second-order valence-electron chi connectivity index (χ2n) is 32.9. The van der Waals surface area contributed by atoms with Gasteiger partial charge in [0.1, 0.15) is 0 Å². The van der Waals surface area contributed by atoms with Crippen molar-refractivity contribution >= 4 is 34.1 Å². The first-order valence-corrected chi connectivity index (χ1v) is 42.1. The quantitative estimate of drug-likeness (QED) is 0.0356. The SMILES string of the molecule is CCCCCCCCC1(CCCCCCCC)c2ccccc2-c2ccc(-c3ccc(N(c4ccc(C)cc4)c4ccc5c(c4)C(C)(C)c4cc(N(c6ccc(C)cc6)c6ccc(-c7ccc8c(c7)C(CCCCCCCC)(CCCCCCCC)c7cc(C(C)CC)ccc7-8)cc6)ccc4-5)cc3)cc21. The lowest BCUT2D eigenvalue weighted by molar-refractivity contribution is 0.397. The monoisotopic (exact) mass is 1390 g/mol. The first kappa shape index (κ1) is 75.0. The van der Waals surface area contributed by atoms with Gasteiger partial charge in [-0.15, -0.1) is 0 Å². The fraction of sp³-hybridized carbons (Fsp3) is 0.417. The Hall–Kier alpha value is -8.20. The Morgan fingerprint density at radius 3 is 0.952 bits per heavy atom. The maximum atomic E-state index is 2.67. The molecule has 2 heteroatoms. The van der Waals surface area contributed by atoms with Gasteiger partial charge in [-0.25, -0.2) is 0 Å². The zero-order valence-electron chi connectivity index (χ0n) is 66.2. The van der Waals surface area contributed by atoms with Gasteiger partial charge < -0.3 is 9.80 Å². The van der Waals surface area contributed by atoms with Gasteiger partial charge in [0.05, 0.1) is 0 Å². The van der Waals surface area contributed by atoms with Gasteiger partial charge in [0.2, 0.25) is 0 Å². The minimum atomic E-state index is -0.281. The van der Waals surface area contributed by atoms with Gasteiger partial charge >= 0.3 is 0 Å². The zero-order chi connectivity index (χ0) is 72.9. The molecule has 0 radical (unpaired) electrons. The fourth-order valence-electron chi connectivity index (χ4n) is 18.9. The van der Waals surface area contributed by atoms with E-state index in [-0.39, 0.29) is 16.2 Å². The van der Waals surface area contributed by atoms with E-state index in [0.717, 1.165) is 29.2 Å². The zero-order valence-corrected chi connectivity index (χ0v) is 66.2. The average Bonchev–Trinajstić information content (AvgIpc) is 1.58. The van der Waals surface area contributed by atoms with Crippen LogP contribution in [0.2, 0.25) is 0 Å². The van der Waals surface area contributed by atoms with Crippen molar-refractivity contribution in [3.8, 4) is 55.6 Å². The Balaban J connectivity index is 0.802. The summed E-state index contributed by atoms with van der Waals surface area (Å²) in [5.41, 5.74) is 33.5. The highest BCUT2D eigenvalue weighted by molar-refractivity contribution is 5.91. The summed E-state index contributed by atoms with van der Waals surface area (Å²) in [7, 11) is 0. The van der Waals surface area contributed by atoms with Crippen molar-refractivity contribution in [2.24, 2.45) is 0 Å². The Labute approximate surface area is 635 Å². The van der Waals surface area contributed by atoms with E-state index in [1.165, 1.54) is 275 Å². The van der Waals surface area contributed by atoms with Crippen molar-refractivity contribution in [3.05, 3.63) is 262 Å². The van der Waals surface area contributed by atoms with E-state index in [0.29, 0.717) is 5.92 Å². The Bertz CT molecular complexity index is 4450. The van der Waals surface area contributed by atoms with Crippen molar-refractivity contribution in [2.75, 3.05) is 9.80 Å². The van der Waals surface area contributed by atoms with Gasteiger partial charge in [-0.3, -0.25) is 0 Å². The molecule has 3 aliphatic carbocycles. The maximum absolute atomic E-state index is 2.67. The van der Waals surface area contributed by atoms with Gasteiger partial charge in [-0.2, -0.15) is 0 Å². The van der Waals surface area contributed by atoms with Crippen LogP contribution in [0.15, 0.2) is 212 Å². The molecule has 0 N–H and O–H groups in total. The molecule has 1 atom stereocenters. The van der Waals surface area contributed by atoms with Crippen LogP contribution < -0.4 is 9.80 Å². The van der Waals surface area contributed by atoms with Crippen molar-refractivity contribution < 1.29 is 0 Å². The van der Waals surface area contributed by atoms with Crippen LogP contribution in [0.4, 0.5) is 34.1 Å². The fourth-order valence-corrected chi connectivity index (χ4v) is 18.9. The molecule has 105 heavy (non-hydrogen) atoms. The highest BCUT2D eigenvalue weighted by atomic mass is 15.1. The summed E-state index contributed by atoms with van der Waals surface area (Å²) in [6, 6.07) is 84.1. The smallest absolute Gasteiger partial charge is 0.0465 e. The highest BCUT2D eigenvalue weighted by Gasteiger charge is 2.45. The number of benzene rings is 10. The summed E-state index contributed by atoms with van der Waals surface area (Å²) >= 11 is 0. The Kier molecular flexibility index (Phi) is 24.7. The van der Waals surface area contributed by atoms with E-state index >= 15 is 0 Å². The van der Waals surface area contributed by atoms with Gasteiger partial charge in [0.15, 0.2) is 0 Å². The van der Waals surface area contributed by atoms with Gasteiger partial charge in [0.25, 0.3) is 0 Å². The van der Waals surface area contributed by atoms with Gasteiger partial charge in [-0.1, -0.05) is 348 Å². The van der Waals surface area contributed by atoms with Crippen molar-refractivity contribution in [3.63, 3.8) is 0 Å². The van der Waals surface area contributed by atoms with Crippen molar-refractivity contribution in [1.82, 2.24) is 0 Å². The molecule has 10 aromatic rings. The van der Waals surface area contributed by atoms with Crippen LogP contribution in [-0.4, -0.2) is 0 Å². The van der Waals surface area contributed by atoms with Gasteiger partial charge in [-0.05, 0) is 231 Å². The minimum Gasteiger partial charge on any atom is -0.310 e. The predicted octanol–water partition coefficient (Wildman–Crippen LogP) is 31.9. The predicted molar refractivity (Wildman–Crippen MR) is 457 cm³/mol. The molecule has 3 aliphatic rings. The second kappa shape index (κ2) is 34.6. The molecule has 0 heterocycles. The lowest BCUT2D eigenvalue weighted by Crippen LogP contribution is -2.26. The lowest BCUT2D eigenvalue weighted by atomic mass is 9.69. The third kappa shape index (κ3) is 16.0. The lowest BCUT2D eigenvalue weighted by Gasteiger charge is -2.34. The van der Waals surface area contributed by atoms with Crippen LogP contribution in [-0.2, 0) is 16.2 Å². The number of anilines is 6. The molecule has 0 saturated carbocycles. The summed E-state index contributed by atoms with van der Waals surface area (Å²) in [4.78, 5) is 4.97. The Morgan fingerprint density at radius 1 is 0.267 bits per heavy atom. The van der Waals surface area contributed by atoms with Crippen molar-refractivity contribution in [1.29, 1.82) is 0 Å². The number of hydrogen-bond donors (Lipinski definition) is 0. The molecule has 0 aromatic heterocycles. The molecule has 546 valence electrons. The highest BCUT2D eigenvalue weighted by Crippen LogP contribution is 2.59. The Morgan fingerprint density at radius 2 is 0.562 bits per heavy atom. The number of nitrogens with zero attached hydrogens (tertiary/aromatic N) is 2. The molecule has 1 unspecified atom stereocenters. The van der Waals surface area contributed by atoms with Crippen LogP contribution in [0.3, 0.4) is 0 Å². The number of hydrogen-bond acceptors (Lipinski definition) is 2. The normalized spacial score (nSPS) is 14.2. The molecular weight excluding hydrogens is 1270 g/mol. The second-order valence-corrected chi connectivity index (χ2v) is 32.9. The molecule has 0 fully saturated rings. The summed E-state index contributed by atoms with van der Waals surface area (Å²) in [5, 5.41) is 0. The first-order chi connectivity index (χ1) is 51.3. The molecule has 13 rings (SSSR count). The molecule has 10 aromatic carbocycles. The third-order valence-corrected chi connectivity index (χ3v) is 25.3. The molecular formula is C103H124N2. The van der Waals surface area contributed by atoms with Crippen molar-refractivity contribution in [2.45, 2.75) is 278 Å². The van der Waals surface area contributed by atoms with Gasteiger partial charge in [0, 0.05) is 50.4 Å². The maximum Gasteiger partial charge on any atom is 0.0465 e. The average molecular weight is 1390 g/mol. The molecule has 2 nitrogen and oxygen atoms in total. The van der Waals surface area contributed by atoms with E-state index in [2.05, 4.69) is 291 Å².